The zero-order valence-electron chi connectivity index (χ0n) is 9.65. The minimum absolute atomic E-state index is 0.676. The van der Waals surface area contributed by atoms with E-state index < -0.39 is 0 Å². The summed E-state index contributed by atoms with van der Waals surface area (Å²) in [4.78, 5) is 3.91. The number of hydrogen-bond acceptors (Lipinski definition) is 4. The summed E-state index contributed by atoms with van der Waals surface area (Å²) in [6.07, 6.45) is 4.86. The molecular formula is C13H12N4O. The molecule has 5 nitrogen and oxygen atoms in total. The highest BCUT2D eigenvalue weighted by atomic mass is 16.3. The van der Waals surface area contributed by atoms with E-state index in [0.717, 1.165) is 17.1 Å². The predicted molar refractivity (Wildman–Crippen MR) is 67.4 cm³/mol. The highest BCUT2D eigenvalue weighted by Crippen LogP contribution is 2.13. The van der Waals surface area contributed by atoms with Crippen LogP contribution in [-0.2, 0) is 6.54 Å². The Labute approximate surface area is 104 Å². The average molecular weight is 240 g/mol. The van der Waals surface area contributed by atoms with Crippen molar-refractivity contribution in [3.05, 3.63) is 61.1 Å². The molecule has 0 aliphatic rings. The number of benzene rings is 1. The highest BCUT2D eigenvalue weighted by Gasteiger charge is 1.98. The smallest absolute Gasteiger partial charge is 0.138 e. The fraction of sp³-hybridized carbons (Fsp3) is 0.0769. The molecule has 0 bridgehead atoms. The van der Waals surface area contributed by atoms with Gasteiger partial charge >= 0.3 is 0 Å². The first-order valence-corrected chi connectivity index (χ1v) is 5.63. The van der Waals surface area contributed by atoms with Crippen molar-refractivity contribution in [2.45, 2.75) is 6.54 Å². The van der Waals surface area contributed by atoms with Crippen molar-refractivity contribution in [2.75, 3.05) is 5.32 Å². The Morgan fingerprint density at radius 2 is 2.06 bits per heavy atom. The van der Waals surface area contributed by atoms with Crippen LogP contribution in [0.2, 0.25) is 0 Å². The predicted octanol–water partition coefficient (Wildman–Crippen LogP) is 2.47. The van der Waals surface area contributed by atoms with Crippen molar-refractivity contribution in [3.63, 3.8) is 0 Å². The Morgan fingerprint density at radius 3 is 2.72 bits per heavy atom. The Kier molecular flexibility index (Phi) is 2.79. The lowest BCUT2D eigenvalue weighted by Gasteiger charge is -2.05. The van der Waals surface area contributed by atoms with Gasteiger partial charge in [0.05, 0.1) is 18.5 Å². The number of rotatable bonds is 4. The molecule has 0 saturated carbocycles. The molecule has 0 radical (unpaired) electrons. The summed E-state index contributed by atoms with van der Waals surface area (Å²) in [5, 5.41) is 7.35. The van der Waals surface area contributed by atoms with Gasteiger partial charge in [-0.15, -0.1) is 0 Å². The lowest BCUT2D eigenvalue weighted by molar-refractivity contribution is 0.518. The van der Waals surface area contributed by atoms with Gasteiger partial charge in [0.25, 0.3) is 0 Å². The largest absolute Gasteiger partial charge is 0.467 e. The maximum Gasteiger partial charge on any atom is 0.138 e. The van der Waals surface area contributed by atoms with E-state index >= 15 is 0 Å². The third-order valence-corrected chi connectivity index (χ3v) is 2.60. The van der Waals surface area contributed by atoms with Crippen LogP contribution in [0.4, 0.5) is 5.69 Å². The third kappa shape index (κ3) is 2.24. The van der Waals surface area contributed by atoms with Gasteiger partial charge in [0.15, 0.2) is 0 Å². The Bertz CT molecular complexity index is 584. The van der Waals surface area contributed by atoms with Gasteiger partial charge in [0.1, 0.15) is 18.4 Å². The monoisotopic (exact) mass is 240 g/mol. The molecule has 1 aromatic carbocycles. The Hall–Kier alpha value is -2.56. The fourth-order valence-corrected chi connectivity index (χ4v) is 1.68. The Morgan fingerprint density at radius 1 is 1.17 bits per heavy atom. The van der Waals surface area contributed by atoms with E-state index in [9.17, 15) is 0 Å². The van der Waals surface area contributed by atoms with E-state index in [-0.39, 0.29) is 0 Å². The lowest BCUT2D eigenvalue weighted by atomic mass is 10.3. The van der Waals surface area contributed by atoms with E-state index in [1.807, 2.05) is 36.4 Å². The van der Waals surface area contributed by atoms with Gasteiger partial charge in [-0.05, 0) is 36.4 Å². The number of furan rings is 1. The van der Waals surface area contributed by atoms with Crippen molar-refractivity contribution in [1.82, 2.24) is 14.8 Å². The van der Waals surface area contributed by atoms with Gasteiger partial charge in [-0.3, -0.25) is 0 Å². The summed E-state index contributed by atoms with van der Waals surface area (Å²) in [6.45, 7) is 0.676. The zero-order valence-corrected chi connectivity index (χ0v) is 9.65. The fourth-order valence-electron chi connectivity index (χ4n) is 1.68. The molecule has 0 aliphatic carbocycles. The van der Waals surface area contributed by atoms with E-state index in [1.54, 1.807) is 17.3 Å². The third-order valence-electron chi connectivity index (χ3n) is 2.60. The van der Waals surface area contributed by atoms with Crippen LogP contribution in [0.5, 0.6) is 0 Å². The van der Waals surface area contributed by atoms with Crippen molar-refractivity contribution >= 4 is 5.69 Å². The minimum Gasteiger partial charge on any atom is -0.467 e. The average Bonchev–Trinajstić information content (AvgIpc) is 3.10. The van der Waals surface area contributed by atoms with Gasteiger partial charge in [0, 0.05) is 5.69 Å². The lowest BCUT2D eigenvalue weighted by Crippen LogP contribution is -1.99. The maximum atomic E-state index is 5.25. The second-order valence-corrected chi connectivity index (χ2v) is 3.82. The summed E-state index contributed by atoms with van der Waals surface area (Å²) < 4.78 is 6.97. The first-order chi connectivity index (χ1) is 8.92. The van der Waals surface area contributed by atoms with Gasteiger partial charge in [-0.1, -0.05) is 0 Å². The normalized spacial score (nSPS) is 10.4. The number of hydrogen-bond donors (Lipinski definition) is 1. The van der Waals surface area contributed by atoms with E-state index in [4.69, 9.17) is 4.42 Å². The molecule has 0 amide bonds. The molecule has 2 heterocycles. The second kappa shape index (κ2) is 4.75. The number of nitrogens with zero attached hydrogens (tertiary/aromatic N) is 3. The van der Waals surface area contributed by atoms with Crippen LogP contribution in [0, 0.1) is 0 Å². The zero-order chi connectivity index (χ0) is 12.2. The number of nitrogens with one attached hydrogen (secondary N) is 1. The minimum atomic E-state index is 0.676. The van der Waals surface area contributed by atoms with Crippen LogP contribution < -0.4 is 5.32 Å². The molecule has 0 atom stereocenters. The molecule has 90 valence electrons. The summed E-state index contributed by atoms with van der Waals surface area (Å²) in [6, 6.07) is 11.8. The van der Waals surface area contributed by atoms with Crippen LogP contribution in [0.1, 0.15) is 5.76 Å². The van der Waals surface area contributed by atoms with Crippen molar-refractivity contribution in [3.8, 4) is 5.69 Å². The SMILES string of the molecule is c1coc(CNc2ccc(-n3cncn3)cc2)c1. The molecule has 0 fully saturated rings. The molecule has 18 heavy (non-hydrogen) atoms. The second-order valence-electron chi connectivity index (χ2n) is 3.82. The first-order valence-electron chi connectivity index (χ1n) is 5.63. The molecular weight excluding hydrogens is 228 g/mol. The summed E-state index contributed by atoms with van der Waals surface area (Å²) in [7, 11) is 0. The molecule has 3 aromatic rings. The van der Waals surface area contributed by atoms with E-state index in [2.05, 4.69) is 15.4 Å². The van der Waals surface area contributed by atoms with Crippen molar-refractivity contribution in [1.29, 1.82) is 0 Å². The topological polar surface area (TPSA) is 55.9 Å². The number of anilines is 1. The Balaban J connectivity index is 1.68. The first kappa shape index (κ1) is 10.6. The quantitative estimate of drug-likeness (QED) is 0.761. The standard InChI is InChI=1S/C13H12N4O/c1-2-13(18-7-1)8-15-11-3-5-12(6-4-11)17-10-14-9-16-17/h1-7,9-10,15H,8H2. The van der Waals surface area contributed by atoms with E-state index in [1.165, 1.54) is 6.33 Å². The molecule has 1 N–H and O–H groups in total. The molecule has 0 unspecified atom stereocenters. The van der Waals surface area contributed by atoms with Crippen LogP contribution in [0.25, 0.3) is 5.69 Å². The molecule has 0 aliphatic heterocycles. The van der Waals surface area contributed by atoms with Crippen molar-refractivity contribution in [2.24, 2.45) is 0 Å². The van der Waals surface area contributed by atoms with Crippen LogP contribution >= 0.6 is 0 Å². The van der Waals surface area contributed by atoms with Crippen LogP contribution in [0.3, 0.4) is 0 Å². The molecule has 0 saturated heterocycles. The summed E-state index contributed by atoms with van der Waals surface area (Å²) in [5.74, 6) is 0.912. The van der Waals surface area contributed by atoms with Gasteiger partial charge < -0.3 is 9.73 Å². The highest BCUT2D eigenvalue weighted by molar-refractivity contribution is 5.48. The summed E-state index contributed by atoms with van der Waals surface area (Å²) in [5.41, 5.74) is 2.02. The van der Waals surface area contributed by atoms with Crippen molar-refractivity contribution < 1.29 is 4.42 Å². The van der Waals surface area contributed by atoms with Gasteiger partial charge in [0.2, 0.25) is 0 Å². The molecule has 0 spiro atoms. The summed E-state index contributed by atoms with van der Waals surface area (Å²) >= 11 is 0. The van der Waals surface area contributed by atoms with Gasteiger partial charge in [-0.2, -0.15) is 5.10 Å². The molecule has 3 rings (SSSR count). The van der Waals surface area contributed by atoms with E-state index in [0.29, 0.717) is 6.54 Å². The molecule has 2 aromatic heterocycles. The van der Waals surface area contributed by atoms with Crippen LogP contribution in [-0.4, -0.2) is 14.8 Å². The molecule has 5 heteroatoms. The van der Waals surface area contributed by atoms with Crippen LogP contribution in [0.15, 0.2) is 59.7 Å². The maximum absolute atomic E-state index is 5.25. The van der Waals surface area contributed by atoms with Gasteiger partial charge in [-0.25, -0.2) is 9.67 Å². The number of aromatic nitrogens is 3.